The van der Waals surface area contributed by atoms with Crippen molar-refractivity contribution in [1.82, 2.24) is 10.2 Å². The Hall–Kier alpha value is -0.800. The molecule has 1 N–H and O–H groups in total. The number of furan rings is 1. The minimum atomic E-state index is 0.420. The van der Waals surface area contributed by atoms with Crippen molar-refractivity contribution in [2.75, 3.05) is 19.6 Å². The van der Waals surface area contributed by atoms with Crippen LogP contribution in [-0.4, -0.2) is 24.5 Å². The Kier molecular flexibility index (Phi) is 5.50. The van der Waals surface area contributed by atoms with Crippen molar-refractivity contribution in [3.05, 3.63) is 23.7 Å². The van der Waals surface area contributed by atoms with Gasteiger partial charge < -0.3 is 9.73 Å². The van der Waals surface area contributed by atoms with Crippen molar-refractivity contribution in [2.24, 2.45) is 17.3 Å². The molecule has 0 aliphatic carbocycles. The van der Waals surface area contributed by atoms with Gasteiger partial charge in [-0.05, 0) is 42.8 Å². The van der Waals surface area contributed by atoms with E-state index in [1.54, 1.807) is 0 Å². The lowest BCUT2D eigenvalue weighted by atomic mass is 9.80. The van der Waals surface area contributed by atoms with Crippen LogP contribution in [0.3, 0.4) is 0 Å². The van der Waals surface area contributed by atoms with Gasteiger partial charge in [0.05, 0.1) is 12.8 Å². The van der Waals surface area contributed by atoms with Gasteiger partial charge in [0.1, 0.15) is 5.76 Å². The molecule has 2 rings (SSSR count). The summed E-state index contributed by atoms with van der Waals surface area (Å²) in [5.41, 5.74) is 1.68. The normalized spacial score (nSPS) is 20.6. The highest BCUT2D eigenvalue weighted by atomic mass is 16.3. The fourth-order valence-corrected chi connectivity index (χ4v) is 3.01. The fourth-order valence-electron chi connectivity index (χ4n) is 3.01. The van der Waals surface area contributed by atoms with Crippen molar-refractivity contribution in [1.29, 1.82) is 0 Å². The van der Waals surface area contributed by atoms with Gasteiger partial charge in [0, 0.05) is 18.7 Å². The third kappa shape index (κ3) is 5.15. The average Bonchev–Trinajstić information content (AvgIpc) is 2.98. The molecule has 3 heteroatoms. The number of rotatable bonds is 6. The summed E-state index contributed by atoms with van der Waals surface area (Å²) in [4.78, 5) is 2.53. The van der Waals surface area contributed by atoms with Crippen LogP contribution in [0.15, 0.2) is 16.7 Å². The highest BCUT2D eigenvalue weighted by Gasteiger charge is 2.31. The van der Waals surface area contributed by atoms with E-state index in [1.165, 1.54) is 25.1 Å². The molecule has 0 radical (unpaired) electrons. The van der Waals surface area contributed by atoms with Crippen LogP contribution in [0.1, 0.15) is 52.4 Å². The molecule has 120 valence electrons. The molecule has 1 saturated heterocycles. The van der Waals surface area contributed by atoms with E-state index in [0.717, 1.165) is 31.3 Å². The number of hydrogen-bond acceptors (Lipinski definition) is 3. The van der Waals surface area contributed by atoms with Crippen LogP contribution in [0.5, 0.6) is 0 Å². The Balaban J connectivity index is 1.78. The van der Waals surface area contributed by atoms with E-state index >= 15 is 0 Å². The molecule has 2 heterocycles. The molecule has 3 nitrogen and oxygen atoms in total. The number of likely N-dealkylation sites (tertiary alicyclic amines) is 1. The third-order valence-corrected chi connectivity index (χ3v) is 4.47. The number of hydrogen-bond donors (Lipinski definition) is 1. The van der Waals surface area contributed by atoms with Crippen LogP contribution in [0.2, 0.25) is 0 Å². The molecule has 1 fully saturated rings. The summed E-state index contributed by atoms with van der Waals surface area (Å²) in [5, 5.41) is 3.46. The van der Waals surface area contributed by atoms with Crippen molar-refractivity contribution >= 4 is 0 Å². The Morgan fingerprint density at radius 2 is 2.14 bits per heavy atom. The van der Waals surface area contributed by atoms with Crippen molar-refractivity contribution in [2.45, 2.75) is 54.1 Å². The largest absolute Gasteiger partial charge is 0.468 e. The molecule has 1 unspecified atom stereocenters. The lowest BCUT2D eigenvalue weighted by Gasteiger charge is -2.26. The van der Waals surface area contributed by atoms with Crippen LogP contribution in [0.4, 0.5) is 0 Å². The van der Waals surface area contributed by atoms with Gasteiger partial charge in [-0.15, -0.1) is 0 Å². The maximum atomic E-state index is 5.72. The first kappa shape index (κ1) is 16.6. The monoisotopic (exact) mass is 292 g/mol. The van der Waals surface area contributed by atoms with Crippen LogP contribution >= 0.6 is 0 Å². The summed E-state index contributed by atoms with van der Waals surface area (Å²) < 4.78 is 5.72. The topological polar surface area (TPSA) is 28.4 Å². The van der Waals surface area contributed by atoms with Gasteiger partial charge in [0.2, 0.25) is 0 Å². The molecule has 0 saturated carbocycles. The predicted molar refractivity (Wildman–Crippen MR) is 88.1 cm³/mol. The summed E-state index contributed by atoms with van der Waals surface area (Å²) in [6.07, 6.45) is 3.22. The first-order chi connectivity index (χ1) is 9.84. The van der Waals surface area contributed by atoms with E-state index in [2.05, 4.69) is 50.9 Å². The minimum absolute atomic E-state index is 0.420. The smallest absolute Gasteiger partial charge is 0.118 e. The molecule has 1 aromatic heterocycles. The van der Waals surface area contributed by atoms with Gasteiger partial charge in [-0.2, -0.15) is 0 Å². The summed E-state index contributed by atoms with van der Waals surface area (Å²) in [7, 11) is 0. The molecule has 0 spiro atoms. The van der Waals surface area contributed by atoms with Crippen molar-refractivity contribution in [3.63, 3.8) is 0 Å². The minimum Gasteiger partial charge on any atom is -0.468 e. The van der Waals surface area contributed by atoms with Gasteiger partial charge >= 0.3 is 0 Å². The quantitative estimate of drug-likeness (QED) is 0.862. The van der Waals surface area contributed by atoms with E-state index in [4.69, 9.17) is 4.42 Å². The summed E-state index contributed by atoms with van der Waals surface area (Å²) in [5.74, 6) is 2.60. The predicted octanol–water partition coefficient (Wildman–Crippen LogP) is 3.89. The van der Waals surface area contributed by atoms with Crippen molar-refractivity contribution in [3.8, 4) is 0 Å². The van der Waals surface area contributed by atoms with Gasteiger partial charge in [-0.25, -0.2) is 0 Å². The third-order valence-electron chi connectivity index (χ3n) is 4.47. The molecular weight excluding hydrogens is 260 g/mol. The molecule has 0 aromatic carbocycles. The Bertz CT molecular complexity index is 431. The average molecular weight is 292 g/mol. The first-order valence-corrected chi connectivity index (χ1v) is 8.34. The van der Waals surface area contributed by atoms with Crippen LogP contribution in [0.25, 0.3) is 0 Å². The highest BCUT2D eigenvalue weighted by Crippen LogP contribution is 2.34. The Labute approximate surface area is 130 Å². The van der Waals surface area contributed by atoms with Crippen LogP contribution < -0.4 is 5.32 Å². The van der Waals surface area contributed by atoms with E-state index in [-0.39, 0.29) is 0 Å². The highest BCUT2D eigenvalue weighted by molar-refractivity contribution is 5.12. The van der Waals surface area contributed by atoms with Gasteiger partial charge in [-0.1, -0.05) is 34.6 Å². The summed E-state index contributed by atoms with van der Waals surface area (Å²) >= 11 is 0. The van der Waals surface area contributed by atoms with Gasteiger partial charge in [-0.3, -0.25) is 4.90 Å². The molecule has 1 aromatic rings. The zero-order valence-corrected chi connectivity index (χ0v) is 14.4. The van der Waals surface area contributed by atoms with Gasteiger partial charge in [0.25, 0.3) is 0 Å². The lowest BCUT2D eigenvalue weighted by molar-refractivity contribution is 0.219. The molecule has 1 aliphatic rings. The van der Waals surface area contributed by atoms with Crippen molar-refractivity contribution < 1.29 is 4.42 Å². The second-order valence-electron chi connectivity index (χ2n) is 8.03. The lowest BCUT2D eigenvalue weighted by Crippen LogP contribution is -2.25. The standard InChI is InChI=1S/C18H32N2O/c1-14(2)9-19-10-15-8-17(21-13-15)12-20-7-6-16(11-20)18(3,4)5/h8,13-14,16,19H,6-7,9-12H2,1-5H3. The first-order valence-electron chi connectivity index (χ1n) is 8.34. The zero-order chi connectivity index (χ0) is 15.5. The van der Waals surface area contributed by atoms with Gasteiger partial charge in [0.15, 0.2) is 0 Å². The van der Waals surface area contributed by atoms with Crippen LogP contribution in [0, 0.1) is 17.3 Å². The fraction of sp³-hybridized carbons (Fsp3) is 0.778. The summed E-state index contributed by atoms with van der Waals surface area (Å²) in [6.45, 7) is 16.8. The molecule has 1 aliphatic heterocycles. The maximum absolute atomic E-state index is 5.72. The summed E-state index contributed by atoms with van der Waals surface area (Å²) in [6, 6.07) is 2.21. The molecule has 0 bridgehead atoms. The molecular formula is C18H32N2O. The molecule has 1 atom stereocenters. The zero-order valence-electron chi connectivity index (χ0n) is 14.4. The van der Waals surface area contributed by atoms with Crippen LogP contribution in [-0.2, 0) is 13.1 Å². The van der Waals surface area contributed by atoms with E-state index < -0.39 is 0 Å². The number of nitrogens with one attached hydrogen (secondary N) is 1. The van der Waals surface area contributed by atoms with E-state index in [9.17, 15) is 0 Å². The maximum Gasteiger partial charge on any atom is 0.118 e. The Morgan fingerprint density at radius 3 is 2.76 bits per heavy atom. The van der Waals surface area contributed by atoms with E-state index in [0.29, 0.717) is 11.3 Å². The second kappa shape index (κ2) is 6.97. The molecule has 21 heavy (non-hydrogen) atoms. The molecule has 0 amide bonds. The number of nitrogens with zero attached hydrogens (tertiary/aromatic N) is 1. The second-order valence-corrected chi connectivity index (χ2v) is 8.03. The van der Waals surface area contributed by atoms with E-state index in [1.807, 2.05) is 6.26 Å². The SMILES string of the molecule is CC(C)CNCc1coc(CN2CCC(C(C)(C)C)C2)c1. The Morgan fingerprint density at radius 1 is 1.38 bits per heavy atom.